The molecule has 0 aromatic rings. The second-order valence-corrected chi connectivity index (χ2v) is 39.3. The monoisotopic (exact) mass is 1420 g/mol. The van der Waals surface area contributed by atoms with E-state index in [4.69, 9.17) is 0 Å². The number of carbonyl (C=O) groups excluding carboxylic acids is 4. The van der Waals surface area contributed by atoms with Gasteiger partial charge in [-0.05, 0) is 339 Å². The zero-order valence-corrected chi connectivity index (χ0v) is 64.1. The maximum absolute atomic E-state index is 14.2. The number of carbonyl (C=O) groups is 4. The Bertz CT molecular complexity index is 2870. The molecule has 0 saturated heterocycles. The molecular formula is C84H142N4O13. The van der Waals surface area contributed by atoms with Crippen molar-refractivity contribution in [3.05, 3.63) is 0 Å². The highest BCUT2D eigenvalue weighted by molar-refractivity contribution is 5.87. The summed E-state index contributed by atoms with van der Waals surface area (Å²) in [6.07, 6.45) is 20.6. The Morgan fingerprint density at radius 3 is 1.08 bits per heavy atom. The fourth-order valence-corrected chi connectivity index (χ4v) is 28.7. The van der Waals surface area contributed by atoms with E-state index in [9.17, 15) is 65.1 Å². The Hall–Kier alpha value is -2.48. The largest absolute Gasteiger partial charge is 0.393 e. The molecule has 12 aliphatic rings. The van der Waals surface area contributed by atoms with Crippen LogP contribution in [0.3, 0.4) is 0 Å². The van der Waals surface area contributed by atoms with Crippen molar-refractivity contribution in [2.75, 3.05) is 13.1 Å². The van der Waals surface area contributed by atoms with Gasteiger partial charge in [0.15, 0.2) is 0 Å². The second kappa shape index (κ2) is 30.9. The second-order valence-electron chi connectivity index (χ2n) is 39.3. The average Bonchev–Trinajstić information content (AvgIpc) is 1.52. The van der Waals surface area contributed by atoms with Gasteiger partial charge < -0.3 is 67.2 Å². The van der Waals surface area contributed by atoms with Gasteiger partial charge in [-0.3, -0.25) is 19.2 Å². The van der Waals surface area contributed by atoms with Gasteiger partial charge in [0.25, 0.3) is 0 Å². The molecule has 0 bridgehead atoms. The van der Waals surface area contributed by atoms with Crippen LogP contribution in [-0.2, 0) is 19.2 Å². The van der Waals surface area contributed by atoms with Crippen molar-refractivity contribution in [2.24, 2.45) is 139 Å². The molecule has 0 aliphatic heterocycles. The van der Waals surface area contributed by atoms with Crippen LogP contribution < -0.4 is 21.3 Å². The Kier molecular flexibility index (Phi) is 23.9. The molecule has 25 unspecified atom stereocenters. The SMILES string of the molecule is CC(CCCCNC(=O)C(CCCCNC(=O)CCC(C)C1CCC2[C@@H]3C(O)C[C@H]4C[C@@H](O)CCC4(C)C3CC(O)[C@]12C)NC(=O)CCC(C)C1CCC2[C@@H]3C(O)C[C@H]4C[C@@H](O)CCC4(C)C3CC(O)C12C)NC(=O)CCC(C)C1CCC2[C@@H]3C(O)C[C@H]4C[C@@H](O)CCC4(C)C3CC(O)C12C. The van der Waals surface area contributed by atoms with E-state index in [2.05, 4.69) is 83.6 Å². The fraction of sp³-hybridized carbons (Fsp3) is 0.952. The van der Waals surface area contributed by atoms with E-state index in [1.807, 2.05) is 6.92 Å². The maximum atomic E-state index is 14.2. The Balaban J connectivity index is 0.601. The first-order valence-corrected chi connectivity index (χ1v) is 42.0. The van der Waals surface area contributed by atoms with Gasteiger partial charge in [0.05, 0.1) is 54.9 Å². The summed E-state index contributed by atoms with van der Waals surface area (Å²) in [5.41, 5.74) is -1.02. The Morgan fingerprint density at radius 2 is 0.703 bits per heavy atom. The number of amides is 4. The predicted octanol–water partition coefficient (Wildman–Crippen LogP) is 10.7. The van der Waals surface area contributed by atoms with Crippen LogP contribution in [0.1, 0.15) is 281 Å². The van der Waals surface area contributed by atoms with Gasteiger partial charge in [0.1, 0.15) is 6.04 Å². The topological polar surface area (TPSA) is 298 Å². The lowest BCUT2D eigenvalue weighted by Gasteiger charge is -2.63. The highest BCUT2D eigenvalue weighted by Gasteiger charge is 2.69. The summed E-state index contributed by atoms with van der Waals surface area (Å²) >= 11 is 0. The normalized spacial score (nSPS) is 48.1. The van der Waals surface area contributed by atoms with E-state index in [0.29, 0.717) is 90.1 Å². The number of fused-ring (bicyclic) bond motifs is 15. The zero-order valence-electron chi connectivity index (χ0n) is 64.1. The van der Waals surface area contributed by atoms with E-state index in [1.165, 1.54) is 0 Å². The van der Waals surface area contributed by atoms with Crippen LogP contribution in [0.25, 0.3) is 0 Å². The summed E-state index contributed by atoms with van der Waals surface area (Å²) in [4.78, 5) is 55.4. The van der Waals surface area contributed by atoms with E-state index in [-0.39, 0.29) is 188 Å². The third kappa shape index (κ3) is 14.5. The van der Waals surface area contributed by atoms with Crippen molar-refractivity contribution in [1.82, 2.24) is 21.3 Å². The zero-order chi connectivity index (χ0) is 72.6. The van der Waals surface area contributed by atoms with Crippen LogP contribution >= 0.6 is 0 Å². The molecule has 4 amide bonds. The van der Waals surface area contributed by atoms with Crippen molar-refractivity contribution >= 4 is 23.6 Å². The number of nitrogens with one attached hydrogen (secondary N) is 4. The van der Waals surface area contributed by atoms with E-state index >= 15 is 0 Å². The van der Waals surface area contributed by atoms with E-state index < -0.39 is 48.1 Å². The van der Waals surface area contributed by atoms with Crippen LogP contribution in [0.15, 0.2) is 0 Å². The summed E-state index contributed by atoms with van der Waals surface area (Å²) in [7, 11) is 0. The summed E-state index contributed by atoms with van der Waals surface area (Å²) in [5, 5.41) is 116. The first kappa shape index (κ1) is 78.1. The summed E-state index contributed by atoms with van der Waals surface area (Å²) in [5.74, 6) is 3.33. The molecule has 17 nitrogen and oxygen atoms in total. The van der Waals surface area contributed by atoms with Crippen molar-refractivity contribution in [3.8, 4) is 0 Å². The Morgan fingerprint density at radius 1 is 0.366 bits per heavy atom. The highest BCUT2D eigenvalue weighted by Crippen LogP contribution is 2.72. The van der Waals surface area contributed by atoms with E-state index in [1.54, 1.807) is 0 Å². The lowest BCUT2D eigenvalue weighted by molar-refractivity contribution is -0.207. The molecule has 0 spiro atoms. The molecule has 0 aromatic heterocycles. The van der Waals surface area contributed by atoms with Crippen LogP contribution in [0.2, 0.25) is 0 Å². The van der Waals surface area contributed by atoms with Gasteiger partial charge in [-0.2, -0.15) is 0 Å². The minimum absolute atomic E-state index is 0.0128. The highest BCUT2D eigenvalue weighted by atomic mass is 16.3. The van der Waals surface area contributed by atoms with Gasteiger partial charge in [-0.25, -0.2) is 0 Å². The number of hydrogen-bond acceptors (Lipinski definition) is 13. The van der Waals surface area contributed by atoms with Crippen molar-refractivity contribution in [1.29, 1.82) is 0 Å². The molecule has 12 aliphatic carbocycles. The minimum Gasteiger partial charge on any atom is -0.393 e. The van der Waals surface area contributed by atoms with Gasteiger partial charge in [-0.1, -0.05) is 62.3 Å². The number of unbranched alkanes of at least 4 members (excludes halogenated alkanes) is 2. The molecule has 12 saturated carbocycles. The molecule has 12 fully saturated rings. The number of hydrogen-bond donors (Lipinski definition) is 13. The molecule has 0 heterocycles. The van der Waals surface area contributed by atoms with Crippen LogP contribution in [0.5, 0.6) is 0 Å². The van der Waals surface area contributed by atoms with Crippen molar-refractivity contribution < 1.29 is 65.1 Å². The third-order valence-electron chi connectivity index (χ3n) is 34.7. The smallest absolute Gasteiger partial charge is 0.242 e. The first-order valence-electron chi connectivity index (χ1n) is 42.0. The van der Waals surface area contributed by atoms with Gasteiger partial charge in [0.2, 0.25) is 23.6 Å². The molecule has 13 N–H and O–H groups in total. The molecule has 0 aromatic carbocycles. The van der Waals surface area contributed by atoms with Crippen LogP contribution in [-0.4, -0.2) is 150 Å². The van der Waals surface area contributed by atoms with Crippen molar-refractivity contribution in [3.63, 3.8) is 0 Å². The molecule has 576 valence electrons. The average molecular weight is 1420 g/mol. The van der Waals surface area contributed by atoms with Gasteiger partial charge in [0, 0.05) is 38.4 Å². The first-order chi connectivity index (χ1) is 47.8. The molecule has 17 heteroatoms. The summed E-state index contributed by atoms with van der Waals surface area (Å²) < 4.78 is 0. The number of rotatable bonds is 25. The lowest BCUT2D eigenvalue weighted by Crippen LogP contribution is -2.62. The molecular weight excluding hydrogens is 1270 g/mol. The van der Waals surface area contributed by atoms with Gasteiger partial charge in [-0.15, -0.1) is 0 Å². The number of aliphatic hydroxyl groups is 9. The van der Waals surface area contributed by atoms with Crippen LogP contribution in [0.4, 0.5) is 0 Å². The third-order valence-corrected chi connectivity index (χ3v) is 34.7. The summed E-state index contributed by atoms with van der Waals surface area (Å²) in [6, 6.07) is -0.829. The number of aliphatic hydroxyl groups excluding tert-OH is 9. The lowest BCUT2D eigenvalue weighted by atomic mass is 9.43. The molecule has 101 heavy (non-hydrogen) atoms. The predicted molar refractivity (Wildman–Crippen MR) is 390 cm³/mol. The van der Waals surface area contributed by atoms with Gasteiger partial charge >= 0.3 is 0 Å². The quantitative estimate of drug-likeness (QED) is 0.0379. The molecule has 0 radical (unpaired) electrons. The maximum Gasteiger partial charge on any atom is 0.242 e. The van der Waals surface area contributed by atoms with Crippen LogP contribution in [0, 0.1) is 139 Å². The molecule has 12 rings (SSSR count). The fourth-order valence-electron chi connectivity index (χ4n) is 28.7. The van der Waals surface area contributed by atoms with Crippen molar-refractivity contribution in [2.45, 2.75) is 348 Å². The Labute approximate surface area is 607 Å². The molecule has 35 atom stereocenters. The summed E-state index contributed by atoms with van der Waals surface area (Å²) in [6.45, 7) is 23.4. The minimum atomic E-state index is -0.769. The standard InChI is InChI=1S/C84H142N4O13/c1-46(56-20-23-59-75-62(43-69(95)82(56,59)8)79(5)32-29-53(89)37-50(79)40-66(75)92)17-26-72(98)85-35-14-12-16-65(88-74(100)28-19-48(3)58-22-25-61-77-64(45-71(97)84(58,61)10)81(7)34-31-55(91)39-52(81)42-68(77)94)78(101)86-36-13-11-15-49(4)87-73(99)27-18-47(2)57-21-24-60-76-63(44-70(96)83(57,60)9)80(6)33-30-54(90)38-51(80)41-67(76)93/h46-71,75-77,89-97H,11-45H2,1-10H3,(H,85,98)(H,86,101)(H,87,99)(H,88,100)/t46?,47?,48?,49?,50-,51-,52-,53+,54+,55+,56?,57?,58?,59?,60?,61?,62?,63?,64?,65?,66?,67?,68?,69?,70?,71?,75+,76+,77+,79?,80?,81?,82-,83?,84?/m1/s1. The van der Waals surface area contributed by atoms with E-state index in [0.717, 1.165) is 128 Å².